The van der Waals surface area contributed by atoms with Gasteiger partial charge in [-0.3, -0.25) is 4.99 Å². The van der Waals surface area contributed by atoms with Gasteiger partial charge in [0.2, 0.25) is 0 Å². The van der Waals surface area contributed by atoms with Crippen LogP contribution in [-0.4, -0.2) is 37.0 Å². The van der Waals surface area contributed by atoms with Gasteiger partial charge in [0.05, 0.1) is 6.26 Å². The number of furan rings is 1. The molecule has 0 radical (unpaired) electrons. The molecule has 0 amide bonds. The summed E-state index contributed by atoms with van der Waals surface area (Å²) in [6.45, 7) is 6.07. The highest BCUT2D eigenvalue weighted by molar-refractivity contribution is 7.09. The number of likely N-dealkylation sites (N-methyl/N-ethyl adjacent to an activating group) is 1. The van der Waals surface area contributed by atoms with Crippen molar-refractivity contribution in [2.75, 3.05) is 20.1 Å². The molecule has 2 aromatic rings. The van der Waals surface area contributed by atoms with E-state index in [0.717, 1.165) is 44.1 Å². The number of hydrogen-bond donors (Lipinski definition) is 1. The van der Waals surface area contributed by atoms with E-state index in [0.29, 0.717) is 6.04 Å². The van der Waals surface area contributed by atoms with Gasteiger partial charge in [-0.15, -0.1) is 11.3 Å². The highest BCUT2D eigenvalue weighted by Crippen LogP contribution is 2.09. The fraction of sp³-hybridized carbons (Fsp3) is 0.500. The van der Waals surface area contributed by atoms with Crippen LogP contribution in [0, 0.1) is 0 Å². The van der Waals surface area contributed by atoms with Gasteiger partial charge in [0.15, 0.2) is 5.96 Å². The molecule has 0 aliphatic heterocycles. The Morgan fingerprint density at radius 1 is 1.35 bits per heavy atom. The minimum absolute atomic E-state index is 0.418. The summed E-state index contributed by atoms with van der Waals surface area (Å²) < 4.78 is 5.37. The first-order valence-electron chi connectivity index (χ1n) is 8.26. The molecule has 0 bridgehead atoms. The molecule has 4 nitrogen and oxygen atoms in total. The lowest BCUT2D eigenvalue weighted by Crippen LogP contribution is -2.44. The molecule has 0 aliphatic rings. The maximum Gasteiger partial charge on any atom is 0.193 e. The van der Waals surface area contributed by atoms with E-state index in [9.17, 15) is 0 Å². The predicted molar refractivity (Wildman–Crippen MR) is 98.3 cm³/mol. The van der Waals surface area contributed by atoms with Crippen molar-refractivity contribution in [1.29, 1.82) is 0 Å². The number of aliphatic imine (C=N–C) groups is 1. The average molecular weight is 334 g/mol. The van der Waals surface area contributed by atoms with Crippen molar-refractivity contribution in [2.24, 2.45) is 4.99 Å². The minimum Gasteiger partial charge on any atom is -0.469 e. The number of hydrogen-bond acceptors (Lipinski definition) is 3. The lowest BCUT2D eigenvalue weighted by Gasteiger charge is -2.25. The summed E-state index contributed by atoms with van der Waals surface area (Å²) in [6.07, 6.45) is 4.67. The van der Waals surface area contributed by atoms with Crippen LogP contribution >= 0.6 is 11.3 Å². The van der Waals surface area contributed by atoms with E-state index >= 15 is 0 Å². The fourth-order valence-corrected chi connectivity index (χ4v) is 2.86. The zero-order chi connectivity index (χ0) is 16.5. The molecule has 0 fully saturated rings. The topological polar surface area (TPSA) is 40.8 Å². The molecule has 0 saturated heterocycles. The van der Waals surface area contributed by atoms with E-state index in [2.05, 4.69) is 48.6 Å². The van der Waals surface area contributed by atoms with Gasteiger partial charge in [-0.05, 0) is 43.3 Å². The number of nitrogens with one attached hydrogen (secondary N) is 1. The molecular weight excluding hydrogens is 306 g/mol. The standard InChI is InChI=1S/C18H27N3OS/c1-4-15(2)20-18(19-11-9-16-7-5-13-22-16)21(3)12-10-17-8-6-14-23-17/h5-8,13-15H,4,9-12H2,1-3H3,(H,19,20). The van der Waals surface area contributed by atoms with Crippen LogP contribution in [0.5, 0.6) is 0 Å². The van der Waals surface area contributed by atoms with Gasteiger partial charge in [0, 0.05) is 37.5 Å². The highest BCUT2D eigenvalue weighted by Gasteiger charge is 2.10. The Morgan fingerprint density at radius 2 is 2.22 bits per heavy atom. The van der Waals surface area contributed by atoms with Crippen molar-refractivity contribution in [2.45, 2.75) is 39.2 Å². The summed E-state index contributed by atoms with van der Waals surface area (Å²) in [5, 5.41) is 5.66. The highest BCUT2D eigenvalue weighted by atomic mass is 32.1. The maximum absolute atomic E-state index is 5.37. The number of thiophene rings is 1. The van der Waals surface area contributed by atoms with Crippen LogP contribution in [0.2, 0.25) is 0 Å². The second-order valence-electron chi connectivity index (χ2n) is 5.74. The van der Waals surface area contributed by atoms with Crippen molar-refractivity contribution < 1.29 is 4.42 Å². The van der Waals surface area contributed by atoms with E-state index in [4.69, 9.17) is 9.41 Å². The lowest BCUT2D eigenvalue weighted by molar-refractivity contribution is 0.466. The normalized spacial score (nSPS) is 13.1. The second kappa shape index (κ2) is 9.40. The Hall–Kier alpha value is -1.75. The Kier molecular flexibility index (Phi) is 7.20. The third kappa shape index (κ3) is 6.10. The molecule has 1 atom stereocenters. The van der Waals surface area contributed by atoms with E-state index in [-0.39, 0.29) is 0 Å². The summed E-state index contributed by atoms with van der Waals surface area (Å²) in [5.41, 5.74) is 0. The van der Waals surface area contributed by atoms with Crippen LogP contribution < -0.4 is 5.32 Å². The molecule has 5 heteroatoms. The SMILES string of the molecule is CCC(C)NC(=NCCc1ccco1)N(C)CCc1cccs1. The first-order valence-corrected chi connectivity index (χ1v) is 9.14. The van der Waals surface area contributed by atoms with E-state index < -0.39 is 0 Å². The zero-order valence-corrected chi connectivity index (χ0v) is 15.1. The molecule has 2 rings (SSSR count). The smallest absolute Gasteiger partial charge is 0.193 e. The molecule has 0 aromatic carbocycles. The van der Waals surface area contributed by atoms with Crippen LogP contribution in [0.15, 0.2) is 45.3 Å². The van der Waals surface area contributed by atoms with Crippen molar-refractivity contribution in [3.63, 3.8) is 0 Å². The minimum atomic E-state index is 0.418. The monoisotopic (exact) mass is 333 g/mol. The summed E-state index contributed by atoms with van der Waals surface area (Å²) >= 11 is 1.81. The first-order chi connectivity index (χ1) is 11.2. The van der Waals surface area contributed by atoms with Gasteiger partial charge < -0.3 is 14.6 Å². The summed E-state index contributed by atoms with van der Waals surface area (Å²) in [6, 6.07) is 8.63. The molecule has 0 saturated carbocycles. The van der Waals surface area contributed by atoms with Crippen LogP contribution in [0.3, 0.4) is 0 Å². The summed E-state index contributed by atoms with van der Waals surface area (Å²) in [4.78, 5) is 8.39. The Morgan fingerprint density at radius 3 is 2.87 bits per heavy atom. The zero-order valence-electron chi connectivity index (χ0n) is 14.3. The van der Waals surface area contributed by atoms with E-state index in [1.165, 1.54) is 4.88 Å². The van der Waals surface area contributed by atoms with E-state index in [1.807, 2.05) is 23.5 Å². The maximum atomic E-state index is 5.37. The predicted octanol–water partition coefficient (Wildman–Crippen LogP) is 3.80. The van der Waals surface area contributed by atoms with Crippen LogP contribution in [-0.2, 0) is 12.8 Å². The Balaban J connectivity index is 1.91. The van der Waals surface area contributed by atoms with Crippen molar-refractivity contribution in [3.8, 4) is 0 Å². The van der Waals surface area contributed by atoms with Crippen LogP contribution in [0.25, 0.3) is 0 Å². The van der Waals surface area contributed by atoms with Crippen LogP contribution in [0.1, 0.15) is 30.9 Å². The molecular formula is C18H27N3OS. The fourth-order valence-electron chi connectivity index (χ4n) is 2.16. The molecule has 23 heavy (non-hydrogen) atoms. The molecule has 2 heterocycles. The van der Waals surface area contributed by atoms with E-state index in [1.54, 1.807) is 6.26 Å². The molecule has 0 aliphatic carbocycles. The van der Waals surface area contributed by atoms with Crippen molar-refractivity contribution in [3.05, 3.63) is 46.5 Å². The number of rotatable bonds is 8. The van der Waals surface area contributed by atoms with Gasteiger partial charge in [-0.25, -0.2) is 0 Å². The van der Waals surface area contributed by atoms with Gasteiger partial charge in [-0.2, -0.15) is 0 Å². The second-order valence-corrected chi connectivity index (χ2v) is 6.77. The summed E-state index contributed by atoms with van der Waals surface area (Å²) in [7, 11) is 2.11. The molecule has 1 N–H and O–H groups in total. The summed E-state index contributed by atoms with van der Waals surface area (Å²) in [5.74, 6) is 1.96. The molecule has 0 spiro atoms. The van der Waals surface area contributed by atoms with Gasteiger partial charge in [-0.1, -0.05) is 13.0 Å². The van der Waals surface area contributed by atoms with Gasteiger partial charge in [0.25, 0.3) is 0 Å². The largest absolute Gasteiger partial charge is 0.469 e. The van der Waals surface area contributed by atoms with Crippen LogP contribution in [0.4, 0.5) is 0 Å². The molecule has 2 aromatic heterocycles. The van der Waals surface area contributed by atoms with Crippen molar-refractivity contribution in [1.82, 2.24) is 10.2 Å². The quantitative estimate of drug-likeness (QED) is 0.590. The third-order valence-corrected chi connectivity index (χ3v) is 4.76. The number of nitrogens with zero attached hydrogens (tertiary/aromatic N) is 2. The average Bonchev–Trinajstić information content (AvgIpc) is 3.24. The third-order valence-electron chi connectivity index (χ3n) is 3.82. The van der Waals surface area contributed by atoms with Gasteiger partial charge in [0.1, 0.15) is 5.76 Å². The molecule has 126 valence electrons. The first kappa shape index (κ1) is 17.6. The van der Waals surface area contributed by atoms with Crippen molar-refractivity contribution >= 4 is 17.3 Å². The lowest BCUT2D eigenvalue weighted by atomic mass is 10.2. The number of guanidine groups is 1. The molecule has 1 unspecified atom stereocenters. The van der Waals surface area contributed by atoms with Gasteiger partial charge >= 0.3 is 0 Å². The Labute approximate surface area is 143 Å². The Bertz CT molecular complexity index is 563.